The van der Waals surface area contributed by atoms with Gasteiger partial charge in [-0.2, -0.15) is 0 Å². The van der Waals surface area contributed by atoms with Crippen LogP contribution >= 0.6 is 15.9 Å². The summed E-state index contributed by atoms with van der Waals surface area (Å²) in [5.74, 6) is 0. The van der Waals surface area contributed by atoms with E-state index in [1.54, 1.807) is 0 Å². The Morgan fingerprint density at radius 2 is 1.73 bits per heavy atom. The summed E-state index contributed by atoms with van der Waals surface area (Å²) in [4.78, 5) is 0. The van der Waals surface area contributed by atoms with E-state index in [0.717, 1.165) is 11.8 Å². The number of alkyl halides is 1. The number of hydrogen-bond donors (Lipinski definition) is 0. The molecule has 0 aliphatic rings. The summed E-state index contributed by atoms with van der Waals surface area (Å²) >= 11 is 3.50. The maximum atomic E-state index is 6.03. The van der Waals surface area contributed by atoms with Crippen LogP contribution in [0.15, 0.2) is 0 Å². The fraction of sp³-hybridized carbons (Fsp3) is 1.00. The van der Waals surface area contributed by atoms with E-state index in [4.69, 9.17) is 4.74 Å². The summed E-state index contributed by atoms with van der Waals surface area (Å²) in [6.07, 6.45) is 8.09. The molecule has 0 bridgehead atoms. The first-order valence-electron chi connectivity index (χ1n) is 6.23. The second-order valence-corrected chi connectivity index (χ2v) is 5.97. The average molecular weight is 279 g/mol. The van der Waals surface area contributed by atoms with Gasteiger partial charge in [0.1, 0.15) is 0 Å². The fourth-order valence-corrected chi connectivity index (χ4v) is 2.19. The molecule has 2 heteroatoms. The van der Waals surface area contributed by atoms with E-state index in [9.17, 15) is 0 Å². The van der Waals surface area contributed by atoms with Gasteiger partial charge in [-0.05, 0) is 33.6 Å². The molecule has 0 aliphatic heterocycles. The number of halogens is 1. The standard InChI is InChI=1S/C13H27BrO/c1-5-6-7-8-9-12(10-11-14)15-13(2,3)4/h12H,5-11H2,1-4H3. The van der Waals surface area contributed by atoms with Crippen LogP contribution in [0.3, 0.4) is 0 Å². The van der Waals surface area contributed by atoms with E-state index in [1.165, 1.54) is 32.1 Å². The summed E-state index contributed by atoms with van der Waals surface area (Å²) in [6.45, 7) is 8.67. The number of unbranched alkanes of at least 4 members (excludes halogenated alkanes) is 3. The van der Waals surface area contributed by atoms with Gasteiger partial charge in [0.15, 0.2) is 0 Å². The average Bonchev–Trinajstić information content (AvgIpc) is 2.10. The Bertz CT molecular complexity index is 140. The Labute approximate surface area is 104 Å². The zero-order chi connectivity index (χ0) is 11.7. The maximum absolute atomic E-state index is 6.03. The Hall–Kier alpha value is 0.440. The Kier molecular flexibility index (Phi) is 8.83. The molecular formula is C13H27BrO. The minimum absolute atomic E-state index is 0.00239. The lowest BCUT2D eigenvalue weighted by Crippen LogP contribution is -2.27. The largest absolute Gasteiger partial charge is 0.373 e. The van der Waals surface area contributed by atoms with Gasteiger partial charge in [-0.25, -0.2) is 0 Å². The fourth-order valence-electron chi connectivity index (χ4n) is 1.68. The molecule has 0 aromatic rings. The zero-order valence-corrected chi connectivity index (χ0v) is 12.4. The summed E-state index contributed by atoms with van der Waals surface area (Å²) in [5, 5.41) is 1.04. The molecule has 1 unspecified atom stereocenters. The molecule has 0 rings (SSSR count). The van der Waals surface area contributed by atoms with Crippen LogP contribution in [0.5, 0.6) is 0 Å². The summed E-state index contributed by atoms with van der Waals surface area (Å²) in [7, 11) is 0. The molecule has 0 aromatic heterocycles. The third-order valence-corrected chi connectivity index (χ3v) is 2.79. The van der Waals surface area contributed by atoms with Crippen molar-refractivity contribution in [3.8, 4) is 0 Å². The van der Waals surface area contributed by atoms with Crippen LogP contribution in [0.25, 0.3) is 0 Å². The quantitative estimate of drug-likeness (QED) is 0.452. The van der Waals surface area contributed by atoms with Crippen LogP contribution < -0.4 is 0 Å². The lowest BCUT2D eigenvalue weighted by molar-refractivity contribution is -0.0643. The minimum atomic E-state index is -0.00239. The first-order chi connectivity index (χ1) is 6.99. The van der Waals surface area contributed by atoms with Crippen LogP contribution in [-0.4, -0.2) is 17.0 Å². The lowest BCUT2D eigenvalue weighted by Gasteiger charge is -2.27. The molecule has 0 saturated heterocycles. The third kappa shape index (κ3) is 10.7. The van der Waals surface area contributed by atoms with Gasteiger partial charge in [0.2, 0.25) is 0 Å². The molecule has 0 amide bonds. The van der Waals surface area contributed by atoms with Gasteiger partial charge < -0.3 is 4.74 Å². The van der Waals surface area contributed by atoms with Crippen molar-refractivity contribution < 1.29 is 4.74 Å². The van der Waals surface area contributed by atoms with Crippen molar-refractivity contribution in [3.05, 3.63) is 0 Å². The number of rotatable bonds is 8. The molecule has 92 valence electrons. The van der Waals surface area contributed by atoms with E-state index < -0.39 is 0 Å². The van der Waals surface area contributed by atoms with Gasteiger partial charge in [-0.1, -0.05) is 48.5 Å². The SMILES string of the molecule is CCCCCCC(CCBr)OC(C)(C)C. The number of hydrogen-bond acceptors (Lipinski definition) is 1. The molecule has 0 aliphatic carbocycles. The zero-order valence-electron chi connectivity index (χ0n) is 10.8. The number of ether oxygens (including phenoxy) is 1. The molecule has 0 aromatic carbocycles. The van der Waals surface area contributed by atoms with Crippen molar-refractivity contribution in [1.82, 2.24) is 0 Å². The van der Waals surface area contributed by atoms with Crippen LogP contribution in [0, 0.1) is 0 Å². The normalized spacial score (nSPS) is 14.2. The highest BCUT2D eigenvalue weighted by Crippen LogP contribution is 2.19. The van der Waals surface area contributed by atoms with Crippen molar-refractivity contribution >= 4 is 15.9 Å². The molecule has 1 atom stereocenters. The van der Waals surface area contributed by atoms with Crippen molar-refractivity contribution in [2.45, 2.75) is 77.9 Å². The van der Waals surface area contributed by atoms with Crippen LogP contribution in [0.1, 0.15) is 66.2 Å². The summed E-state index contributed by atoms with van der Waals surface area (Å²) < 4.78 is 6.03. The molecule has 15 heavy (non-hydrogen) atoms. The van der Waals surface area contributed by atoms with E-state index in [0.29, 0.717) is 6.10 Å². The molecule has 1 nitrogen and oxygen atoms in total. The van der Waals surface area contributed by atoms with E-state index in [2.05, 4.69) is 43.6 Å². The molecule has 0 spiro atoms. The second-order valence-electron chi connectivity index (χ2n) is 5.18. The van der Waals surface area contributed by atoms with Crippen molar-refractivity contribution in [2.75, 3.05) is 5.33 Å². The topological polar surface area (TPSA) is 9.23 Å². The summed E-state index contributed by atoms with van der Waals surface area (Å²) in [6, 6.07) is 0. The summed E-state index contributed by atoms with van der Waals surface area (Å²) in [5.41, 5.74) is -0.00239. The predicted molar refractivity (Wildman–Crippen MR) is 71.8 cm³/mol. The molecular weight excluding hydrogens is 252 g/mol. The molecule has 0 heterocycles. The molecule has 0 radical (unpaired) electrons. The van der Waals surface area contributed by atoms with Crippen LogP contribution in [0.4, 0.5) is 0 Å². The Balaban J connectivity index is 3.73. The monoisotopic (exact) mass is 278 g/mol. The van der Waals surface area contributed by atoms with Gasteiger partial charge in [-0.3, -0.25) is 0 Å². The van der Waals surface area contributed by atoms with Crippen molar-refractivity contribution in [1.29, 1.82) is 0 Å². The highest BCUT2D eigenvalue weighted by atomic mass is 79.9. The van der Waals surface area contributed by atoms with Gasteiger partial charge in [0.05, 0.1) is 11.7 Å². The van der Waals surface area contributed by atoms with E-state index in [-0.39, 0.29) is 5.60 Å². The predicted octanol–water partition coefficient (Wildman–Crippen LogP) is 4.93. The van der Waals surface area contributed by atoms with Crippen molar-refractivity contribution in [3.63, 3.8) is 0 Å². The van der Waals surface area contributed by atoms with Gasteiger partial charge >= 0.3 is 0 Å². The van der Waals surface area contributed by atoms with Gasteiger partial charge in [-0.15, -0.1) is 0 Å². The molecule has 0 N–H and O–H groups in total. The maximum Gasteiger partial charge on any atom is 0.0602 e. The first kappa shape index (κ1) is 15.4. The lowest BCUT2D eigenvalue weighted by atomic mass is 10.1. The highest BCUT2D eigenvalue weighted by molar-refractivity contribution is 9.09. The smallest absolute Gasteiger partial charge is 0.0602 e. The van der Waals surface area contributed by atoms with Gasteiger partial charge in [0, 0.05) is 5.33 Å². The second kappa shape index (κ2) is 8.58. The third-order valence-electron chi connectivity index (χ3n) is 2.33. The van der Waals surface area contributed by atoms with Crippen LogP contribution in [0.2, 0.25) is 0 Å². The van der Waals surface area contributed by atoms with Crippen LogP contribution in [-0.2, 0) is 4.74 Å². The molecule has 0 saturated carbocycles. The van der Waals surface area contributed by atoms with Crippen molar-refractivity contribution in [2.24, 2.45) is 0 Å². The van der Waals surface area contributed by atoms with E-state index in [1.807, 2.05) is 0 Å². The first-order valence-corrected chi connectivity index (χ1v) is 7.35. The molecule has 0 fully saturated rings. The van der Waals surface area contributed by atoms with E-state index >= 15 is 0 Å². The Morgan fingerprint density at radius 1 is 1.07 bits per heavy atom. The minimum Gasteiger partial charge on any atom is -0.373 e. The van der Waals surface area contributed by atoms with Gasteiger partial charge in [0.25, 0.3) is 0 Å². The Morgan fingerprint density at radius 3 is 2.20 bits per heavy atom. The highest BCUT2D eigenvalue weighted by Gasteiger charge is 2.17.